The number of carbonyl (C=O) groups excluding carboxylic acids is 4. The van der Waals surface area contributed by atoms with Crippen molar-refractivity contribution in [3.8, 4) is 44.6 Å². The lowest BCUT2D eigenvalue weighted by Crippen LogP contribution is -2.53. The van der Waals surface area contributed by atoms with E-state index in [0.29, 0.717) is 79.4 Å². The molecule has 4 fully saturated rings. The van der Waals surface area contributed by atoms with Gasteiger partial charge in [0, 0.05) is 156 Å². The lowest BCUT2D eigenvalue weighted by Gasteiger charge is -2.35. The maximum absolute atomic E-state index is 14.7. The predicted molar refractivity (Wildman–Crippen MR) is 432 cm³/mol. The summed E-state index contributed by atoms with van der Waals surface area (Å²) in [6.45, 7) is 22.8. The molecule has 598 valence electrons. The van der Waals surface area contributed by atoms with Gasteiger partial charge in [0.15, 0.2) is 22.8 Å². The first kappa shape index (κ1) is 80.2. The fourth-order valence-electron chi connectivity index (χ4n) is 15.6. The Balaban J connectivity index is 0.000000132. The molecular weight excluding hydrogens is 1440 g/mol. The second-order valence-corrected chi connectivity index (χ2v) is 32.0. The number of hydrogen-bond acceptors (Lipinski definition) is 16. The largest absolute Gasteiger partial charge is 0.348 e. The van der Waals surface area contributed by atoms with Gasteiger partial charge in [0.25, 0.3) is 23.6 Å². The Labute approximate surface area is 654 Å². The van der Waals surface area contributed by atoms with Crippen molar-refractivity contribution in [3.63, 3.8) is 0 Å². The standard InChI is InChI=1S/3C21H27FN6O.C19H24N6O/c3*1-13(2)10-28-7-6-19(17(22)12-28)24-21(29)20-16-8-14(4-5-18(16)25-26-20)15-9-23-27(3)11-15;1-12-10-17(25(3)23-12)13-4-5-16-15(11-13)18(22-21-16)19(26)20-14-6-8-24(2)9-7-14/h3*4-5,8-9,11,13,17,19H,6-7,10,12H2,1-3H3,(H,24,29)(H,25,26);4-5,10-11,14H,6-9H2,1-3H3,(H,20,26)(H,21,22)/t2*17-,19+;17-,19-;/m101./s1. The Hall–Kier alpha value is -10.9. The highest BCUT2D eigenvalue weighted by Crippen LogP contribution is 2.32. The number of amides is 4. The molecule has 0 bridgehead atoms. The van der Waals surface area contributed by atoms with Crippen LogP contribution in [0.2, 0.25) is 0 Å². The third kappa shape index (κ3) is 19.6. The van der Waals surface area contributed by atoms with E-state index in [2.05, 4.69) is 151 Å². The zero-order valence-corrected chi connectivity index (χ0v) is 66.5. The summed E-state index contributed by atoms with van der Waals surface area (Å²) in [6.07, 6.45) is 11.6. The van der Waals surface area contributed by atoms with Crippen LogP contribution in [0.15, 0.2) is 116 Å². The molecule has 4 saturated heterocycles. The van der Waals surface area contributed by atoms with Gasteiger partial charge in [-0.15, -0.1) is 0 Å². The SMILES string of the molecule is CC(C)CN1CC[C@@H](NC(=O)c2n[nH]c3ccc(-c4cnn(C)c4)cc23)[C@@H](F)C1.CC(C)CN1CC[C@@H](NC(=O)c2n[nH]c3ccc(-c4cnn(C)c4)cc23)[C@H](F)C1.CC(C)CN1CC[C@H](NC(=O)c2n[nH]c3ccc(-c4cnn(C)c4)cc23)[C@H](F)C1.Cc1cc(-c2ccc3[nH]nc(C(=O)NC4CCN(C)CC4)c3c2)n(C)n1. The van der Waals surface area contributed by atoms with E-state index in [1.54, 1.807) is 32.6 Å². The summed E-state index contributed by atoms with van der Waals surface area (Å²) < 4.78 is 51.0. The molecular formula is C82H105F3N24O4. The summed E-state index contributed by atoms with van der Waals surface area (Å²) in [5, 5.41) is 60.2. The van der Waals surface area contributed by atoms with Crippen LogP contribution in [0.4, 0.5) is 13.2 Å². The van der Waals surface area contributed by atoms with Crippen molar-refractivity contribution >= 4 is 67.2 Å². The van der Waals surface area contributed by atoms with E-state index in [1.165, 1.54) is 0 Å². The Morgan fingerprint density at radius 3 is 1.01 bits per heavy atom. The number of fused-ring (bicyclic) bond motifs is 4. The van der Waals surface area contributed by atoms with Gasteiger partial charge < -0.3 is 40.9 Å². The topological polar surface area (TPSA) is 315 Å². The van der Waals surface area contributed by atoms with Gasteiger partial charge >= 0.3 is 0 Å². The smallest absolute Gasteiger partial charge is 0.272 e. The van der Waals surface area contributed by atoms with Crippen LogP contribution in [-0.2, 0) is 28.2 Å². The van der Waals surface area contributed by atoms with Crippen molar-refractivity contribution in [2.75, 3.05) is 79.0 Å². The molecule has 12 heterocycles. The minimum Gasteiger partial charge on any atom is -0.348 e. The summed E-state index contributed by atoms with van der Waals surface area (Å²) in [4.78, 5) is 60.0. The summed E-state index contributed by atoms with van der Waals surface area (Å²) >= 11 is 0. The third-order valence-electron chi connectivity index (χ3n) is 21.3. The van der Waals surface area contributed by atoms with Gasteiger partial charge in [0.2, 0.25) is 0 Å². The monoisotopic (exact) mass is 1550 g/mol. The number of likely N-dealkylation sites (tertiary alicyclic amines) is 4. The first-order chi connectivity index (χ1) is 54.2. The van der Waals surface area contributed by atoms with Crippen LogP contribution in [-0.4, -0.2) is 245 Å². The molecule has 0 saturated carbocycles. The average Bonchev–Trinajstić information content (AvgIpc) is 1.67. The van der Waals surface area contributed by atoms with Gasteiger partial charge in [-0.05, 0) is 148 Å². The number of aromatic nitrogens is 16. The number of aromatic amines is 4. The van der Waals surface area contributed by atoms with E-state index in [4.69, 9.17) is 0 Å². The highest BCUT2D eigenvalue weighted by Gasteiger charge is 2.35. The number of H-pyrrole nitrogens is 4. The zero-order valence-electron chi connectivity index (χ0n) is 66.5. The van der Waals surface area contributed by atoms with Crippen LogP contribution >= 0.6 is 0 Å². The van der Waals surface area contributed by atoms with Crippen LogP contribution in [0.25, 0.3) is 88.2 Å². The summed E-state index contributed by atoms with van der Waals surface area (Å²) in [5.74, 6) is 0.357. The number of carbonyl (C=O) groups is 4. The number of benzene rings is 4. The molecule has 31 heteroatoms. The van der Waals surface area contributed by atoms with Crippen molar-refractivity contribution in [2.45, 2.75) is 123 Å². The van der Waals surface area contributed by atoms with Gasteiger partial charge in [-0.1, -0.05) is 65.8 Å². The van der Waals surface area contributed by atoms with E-state index >= 15 is 0 Å². The molecule has 28 nitrogen and oxygen atoms in total. The number of alkyl halides is 3. The molecule has 4 aromatic carbocycles. The predicted octanol–water partition coefficient (Wildman–Crippen LogP) is 10.4. The number of aryl methyl sites for hydroxylation is 5. The molecule has 4 aliphatic rings. The lowest BCUT2D eigenvalue weighted by molar-refractivity contribution is 0.0745. The van der Waals surface area contributed by atoms with Crippen molar-refractivity contribution < 1.29 is 32.3 Å². The molecule has 16 rings (SSSR count). The Bertz CT molecular complexity index is 4880. The van der Waals surface area contributed by atoms with Gasteiger partial charge in [0.1, 0.15) is 18.5 Å². The number of rotatable bonds is 18. The van der Waals surface area contributed by atoms with Gasteiger partial charge in [0.05, 0.1) is 70.2 Å². The number of halogens is 3. The third-order valence-corrected chi connectivity index (χ3v) is 21.3. The van der Waals surface area contributed by atoms with Crippen molar-refractivity contribution in [1.29, 1.82) is 0 Å². The summed E-state index contributed by atoms with van der Waals surface area (Å²) in [5.41, 5.74) is 13.3. The molecule has 8 aromatic heterocycles. The Kier molecular flexibility index (Phi) is 25.1. The molecule has 0 spiro atoms. The van der Waals surface area contributed by atoms with E-state index in [9.17, 15) is 32.3 Å². The molecule has 4 amide bonds. The molecule has 8 N–H and O–H groups in total. The number of piperidine rings is 4. The Morgan fingerprint density at radius 1 is 0.416 bits per heavy atom. The molecule has 12 aromatic rings. The minimum absolute atomic E-state index is 0.107. The van der Waals surface area contributed by atoms with Crippen molar-refractivity contribution in [3.05, 3.63) is 145 Å². The maximum Gasteiger partial charge on any atom is 0.272 e. The first-order valence-corrected chi connectivity index (χ1v) is 39.1. The lowest BCUT2D eigenvalue weighted by atomic mass is 10.0. The second kappa shape index (κ2) is 35.4. The highest BCUT2D eigenvalue weighted by atomic mass is 19.1. The fourth-order valence-corrected chi connectivity index (χ4v) is 15.6. The molecule has 4 aliphatic heterocycles. The van der Waals surface area contributed by atoms with Gasteiger partial charge in [-0.25, -0.2) is 13.2 Å². The molecule has 6 atom stereocenters. The Morgan fingerprint density at radius 2 is 0.726 bits per heavy atom. The molecule has 0 unspecified atom stereocenters. The van der Waals surface area contributed by atoms with Crippen LogP contribution < -0.4 is 21.3 Å². The van der Waals surface area contributed by atoms with E-state index in [-0.39, 0.29) is 29.7 Å². The molecule has 113 heavy (non-hydrogen) atoms. The summed E-state index contributed by atoms with van der Waals surface area (Å²) in [6, 6.07) is 24.1. The molecule has 0 radical (unpaired) electrons. The fraction of sp³-hybridized carbons (Fsp3) is 0.463. The number of hydrogen-bond donors (Lipinski definition) is 8. The van der Waals surface area contributed by atoms with Gasteiger partial charge in [-0.3, -0.25) is 58.3 Å². The van der Waals surface area contributed by atoms with Crippen molar-refractivity contribution in [1.82, 2.24) is 121 Å². The summed E-state index contributed by atoms with van der Waals surface area (Å²) in [7, 11) is 9.62. The zero-order chi connectivity index (χ0) is 79.9. The minimum atomic E-state index is -1.08. The quantitative estimate of drug-likeness (QED) is 0.0396. The van der Waals surface area contributed by atoms with E-state index < -0.39 is 36.6 Å². The first-order valence-electron chi connectivity index (χ1n) is 39.1. The number of nitrogens with zero attached hydrogens (tertiary/aromatic N) is 16. The van der Waals surface area contributed by atoms with E-state index in [0.717, 1.165) is 159 Å². The van der Waals surface area contributed by atoms with Crippen LogP contribution in [0.3, 0.4) is 0 Å². The van der Waals surface area contributed by atoms with Crippen molar-refractivity contribution in [2.24, 2.45) is 45.9 Å². The number of nitrogens with one attached hydrogen (secondary N) is 8. The molecule has 0 aliphatic carbocycles. The maximum atomic E-state index is 14.7. The highest BCUT2D eigenvalue weighted by molar-refractivity contribution is 6.08. The van der Waals surface area contributed by atoms with E-state index in [1.807, 2.05) is 137 Å². The van der Waals surface area contributed by atoms with Crippen LogP contribution in [0, 0.1) is 24.7 Å². The van der Waals surface area contributed by atoms with Gasteiger partial charge in [-0.2, -0.15) is 40.8 Å². The second-order valence-electron chi connectivity index (χ2n) is 32.0. The van der Waals surface area contributed by atoms with Crippen LogP contribution in [0.1, 0.15) is 121 Å². The average molecular weight is 1550 g/mol. The normalized spacial score (nSPS) is 19.5. The van der Waals surface area contributed by atoms with Crippen LogP contribution in [0.5, 0.6) is 0 Å².